The lowest BCUT2D eigenvalue weighted by molar-refractivity contribution is 0.177. The van der Waals surface area contributed by atoms with Gasteiger partial charge in [-0.25, -0.2) is 0 Å². The molecule has 2 rings (SSSR count). The zero-order valence-corrected chi connectivity index (χ0v) is 11.1. The van der Waals surface area contributed by atoms with Crippen molar-refractivity contribution in [3.05, 3.63) is 35.4 Å². The van der Waals surface area contributed by atoms with E-state index in [4.69, 9.17) is 5.73 Å². The Balaban J connectivity index is 0.000000249. The Morgan fingerprint density at radius 3 is 2.29 bits per heavy atom. The molecule has 96 valence electrons. The third-order valence-corrected chi connectivity index (χ3v) is 3.52. The summed E-state index contributed by atoms with van der Waals surface area (Å²) in [5, 5.41) is 9.20. The van der Waals surface area contributed by atoms with Gasteiger partial charge in [-0.1, -0.05) is 57.4 Å². The van der Waals surface area contributed by atoms with E-state index in [0.29, 0.717) is 6.54 Å². The minimum absolute atomic E-state index is 0.128. The average molecular weight is 235 g/mol. The van der Waals surface area contributed by atoms with Crippen LogP contribution in [0.3, 0.4) is 0 Å². The van der Waals surface area contributed by atoms with Crippen molar-refractivity contribution < 1.29 is 5.11 Å². The highest BCUT2D eigenvalue weighted by atomic mass is 16.3. The van der Waals surface area contributed by atoms with Gasteiger partial charge in [-0.05, 0) is 17.5 Å². The lowest BCUT2D eigenvalue weighted by Gasteiger charge is -2.41. The maximum atomic E-state index is 9.20. The molecule has 0 amide bonds. The molecule has 0 spiro atoms. The molecule has 3 N–H and O–H groups in total. The molecule has 0 saturated heterocycles. The quantitative estimate of drug-likeness (QED) is 0.842. The summed E-state index contributed by atoms with van der Waals surface area (Å²) in [7, 11) is 0. The first-order chi connectivity index (χ1) is 8.24. The van der Waals surface area contributed by atoms with E-state index in [1.807, 2.05) is 12.1 Å². The highest BCUT2D eigenvalue weighted by Crippen LogP contribution is 2.39. The molecule has 0 fully saturated rings. The molecule has 1 aromatic carbocycles. The first-order valence-electron chi connectivity index (χ1n) is 6.63. The summed E-state index contributed by atoms with van der Waals surface area (Å²) in [6.07, 6.45) is 5.00. The van der Waals surface area contributed by atoms with Crippen molar-refractivity contribution in [3.8, 4) is 0 Å². The number of unbranched alkanes of at least 4 members (excludes halogenated alkanes) is 2. The molecule has 1 unspecified atom stereocenters. The molecule has 0 radical (unpaired) electrons. The summed E-state index contributed by atoms with van der Waals surface area (Å²) in [6, 6.07) is 8.18. The molecule has 0 heterocycles. The Hall–Kier alpha value is -0.860. The van der Waals surface area contributed by atoms with E-state index in [9.17, 15) is 5.11 Å². The van der Waals surface area contributed by atoms with Gasteiger partial charge in [0.25, 0.3) is 0 Å². The standard InChI is InChI=1S/C10H13NO.C5H12/c11-6-10(7-12)5-8-3-1-2-4-9(8)10;1-3-5-4-2/h1-4,12H,5-7,11H2;3-5H2,1-2H3. The molecule has 1 aliphatic rings. The monoisotopic (exact) mass is 235 g/mol. The fourth-order valence-electron chi connectivity index (χ4n) is 2.29. The highest BCUT2D eigenvalue weighted by Gasteiger charge is 2.40. The summed E-state index contributed by atoms with van der Waals surface area (Å²) >= 11 is 0. The van der Waals surface area contributed by atoms with Crippen LogP contribution >= 0.6 is 0 Å². The molecule has 2 heteroatoms. The lowest BCUT2D eigenvalue weighted by atomic mass is 9.64. The van der Waals surface area contributed by atoms with Crippen LogP contribution in [0.5, 0.6) is 0 Å². The van der Waals surface area contributed by atoms with Gasteiger partial charge < -0.3 is 10.8 Å². The summed E-state index contributed by atoms with van der Waals surface area (Å²) in [5.41, 5.74) is 8.07. The molecule has 0 saturated carbocycles. The van der Waals surface area contributed by atoms with Gasteiger partial charge in [0, 0.05) is 12.0 Å². The number of aliphatic hydroxyl groups excluding tert-OH is 1. The normalized spacial score (nSPS) is 20.9. The van der Waals surface area contributed by atoms with E-state index in [1.54, 1.807) is 0 Å². The molecule has 2 nitrogen and oxygen atoms in total. The van der Waals surface area contributed by atoms with E-state index in [-0.39, 0.29) is 12.0 Å². The highest BCUT2D eigenvalue weighted by molar-refractivity contribution is 5.45. The fourth-order valence-corrected chi connectivity index (χ4v) is 2.29. The third kappa shape index (κ3) is 3.08. The predicted molar refractivity (Wildman–Crippen MR) is 73.2 cm³/mol. The van der Waals surface area contributed by atoms with Crippen LogP contribution in [-0.2, 0) is 11.8 Å². The van der Waals surface area contributed by atoms with Crippen molar-refractivity contribution in [2.24, 2.45) is 5.73 Å². The van der Waals surface area contributed by atoms with E-state index in [0.717, 1.165) is 6.42 Å². The van der Waals surface area contributed by atoms with Crippen LogP contribution in [0.25, 0.3) is 0 Å². The second kappa shape index (κ2) is 6.77. The molecular weight excluding hydrogens is 210 g/mol. The van der Waals surface area contributed by atoms with E-state index in [1.165, 1.54) is 30.4 Å². The van der Waals surface area contributed by atoms with E-state index >= 15 is 0 Å². The maximum absolute atomic E-state index is 9.20. The lowest BCUT2D eigenvalue weighted by Crippen LogP contribution is -2.48. The van der Waals surface area contributed by atoms with Gasteiger partial charge in [0.2, 0.25) is 0 Å². The van der Waals surface area contributed by atoms with Crippen LogP contribution in [0, 0.1) is 0 Å². The number of fused-ring (bicyclic) bond motifs is 1. The van der Waals surface area contributed by atoms with Crippen molar-refractivity contribution in [2.75, 3.05) is 13.2 Å². The van der Waals surface area contributed by atoms with E-state index < -0.39 is 0 Å². The molecule has 0 bridgehead atoms. The Labute approximate surface area is 105 Å². The first kappa shape index (κ1) is 14.2. The number of rotatable bonds is 4. The number of benzene rings is 1. The zero-order chi connectivity index (χ0) is 12.7. The van der Waals surface area contributed by atoms with Crippen molar-refractivity contribution in [2.45, 2.75) is 44.9 Å². The van der Waals surface area contributed by atoms with Crippen molar-refractivity contribution in [3.63, 3.8) is 0 Å². The topological polar surface area (TPSA) is 46.2 Å². The van der Waals surface area contributed by atoms with Crippen LogP contribution in [-0.4, -0.2) is 18.3 Å². The van der Waals surface area contributed by atoms with Gasteiger partial charge >= 0.3 is 0 Å². The van der Waals surface area contributed by atoms with Crippen LogP contribution in [0.1, 0.15) is 44.2 Å². The minimum atomic E-state index is -0.128. The van der Waals surface area contributed by atoms with E-state index in [2.05, 4.69) is 26.0 Å². The molecule has 0 aromatic heterocycles. The van der Waals surface area contributed by atoms with Crippen molar-refractivity contribution in [1.29, 1.82) is 0 Å². The Morgan fingerprint density at radius 2 is 1.88 bits per heavy atom. The van der Waals surface area contributed by atoms with Crippen LogP contribution in [0.4, 0.5) is 0 Å². The average Bonchev–Trinajstić information content (AvgIpc) is 2.34. The van der Waals surface area contributed by atoms with Crippen LogP contribution < -0.4 is 5.73 Å². The van der Waals surface area contributed by atoms with Gasteiger partial charge in [-0.15, -0.1) is 0 Å². The predicted octanol–water partition coefficient (Wildman–Crippen LogP) is 2.63. The number of hydrogen-bond acceptors (Lipinski definition) is 2. The van der Waals surface area contributed by atoms with Gasteiger partial charge in [-0.3, -0.25) is 0 Å². The second-order valence-corrected chi connectivity index (χ2v) is 4.83. The summed E-state index contributed by atoms with van der Waals surface area (Å²) < 4.78 is 0. The molecule has 17 heavy (non-hydrogen) atoms. The minimum Gasteiger partial charge on any atom is -0.395 e. The summed E-state index contributed by atoms with van der Waals surface area (Å²) in [4.78, 5) is 0. The third-order valence-electron chi connectivity index (χ3n) is 3.52. The maximum Gasteiger partial charge on any atom is 0.0543 e. The van der Waals surface area contributed by atoms with Gasteiger partial charge in [-0.2, -0.15) is 0 Å². The summed E-state index contributed by atoms with van der Waals surface area (Å²) in [6.45, 7) is 5.13. The fraction of sp³-hybridized carbons (Fsp3) is 0.600. The number of aliphatic hydroxyl groups is 1. The SMILES string of the molecule is CCCCC.NCC1(CO)Cc2ccccc21. The zero-order valence-electron chi connectivity index (χ0n) is 11.1. The van der Waals surface area contributed by atoms with Gasteiger partial charge in [0.1, 0.15) is 0 Å². The van der Waals surface area contributed by atoms with Crippen LogP contribution in [0.2, 0.25) is 0 Å². The molecule has 1 atom stereocenters. The first-order valence-corrected chi connectivity index (χ1v) is 6.63. The Bertz CT molecular complexity index is 329. The molecule has 1 aliphatic carbocycles. The van der Waals surface area contributed by atoms with Gasteiger partial charge in [0.15, 0.2) is 0 Å². The number of hydrogen-bond donors (Lipinski definition) is 2. The Morgan fingerprint density at radius 1 is 1.24 bits per heavy atom. The number of nitrogens with two attached hydrogens (primary N) is 1. The molecular formula is C15H25NO. The van der Waals surface area contributed by atoms with Gasteiger partial charge in [0.05, 0.1) is 6.61 Å². The largest absolute Gasteiger partial charge is 0.395 e. The Kier molecular flexibility index (Phi) is 5.66. The summed E-state index contributed by atoms with van der Waals surface area (Å²) in [5.74, 6) is 0. The van der Waals surface area contributed by atoms with Crippen molar-refractivity contribution >= 4 is 0 Å². The van der Waals surface area contributed by atoms with Crippen molar-refractivity contribution in [1.82, 2.24) is 0 Å². The molecule has 1 aromatic rings. The second-order valence-electron chi connectivity index (χ2n) is 4.83. The van der Waals surface area contributed by atoms with Crippen LogP contribution in [0.15, 0.2) is 24.3 Å². The smallest absolute Gasteiger partial charge is 0.0543 e. The molecule has 0 aliphatic heterocycles.